The van der Waals surface area contributed by atoms with Crippen LogP contribution in [-0.2, 0) is 7.05 Å². The number of aliphatic hydroxyl groups excluding tert-OH is 1. The van der Waals surface area contributed by atoms with Crippen molar-refractivity contribution >= 4 is 11.6 Å². The van der Waals surface area contributed by atoms with Crippen LogP contribution in [0.5, 0.6) is 5.75 Å². The predicted octanol–water partition coefficient (Wildman–Crippen LogP) is 3.45. The fourth-order valence-corrected chi connectivity index (χ4v) is 3.24. The molecule has 0 spiro atoms. The summed E-state index contributed by atoms with van der Waals surface area (Å²) in [6.45, 7) is 1.15. The Morgan fingerprint density at radius 3 is 2.46 bits per heavy atom. The SMILES string of the molecule is Cc1cccc(F)c1NC(=O)c1cc(F)c(-n2nc([C@H](C)O)n(C)c2=O)cc1O[C@@H](CF)C(F)F. The van der Waals surface area contributed by atoms with Crippen molar-refractivity contribution in [2.75, 3.05) is 12.0 Å². The molecule has 2 N–H and O–H groups in total. The van der Waals surface area contributed by atoms with Gasteiger partial charge in [0, 0.05) is 13.1 Å². The molecular weight excluding hydrogens is 479 g/mol. The molecule has 0 unspecified atom stereocenters. The molecule has 0 radical (unpaired) electrons. The second-order valence-corrected chi connectivity index (χ2v) is 7.62. The number of carbonyl (C=O) groups is 1. The van der Waals surface area contributed by atoms with Crippen molar-refractivity contribution in [3.63, 3.8) is 0 Å². The first-order valence-electron chi connectivity index (χ1n) is 10.2. The van der Waals surface area contributed by atoms with Gasteiger partial charge in [0.1, 0.15) is 35.8 Å². The number of carbonyl (C=O) groups excluding carboxylic acids is 1. The maximum absolute atomic E-state index is 15.1. The van der Waals surface area contributed by atoms with Crippen LogP contribution in [-0.4, -0.2) is 44.6 Å². The van der Waals surface area contributed by atoms with Gasteiger partial charge in [-0.05, 0) is 31.5 Å². The summed E-state index contributed by atoms with van der Waals surface area (Å²) < 4.78 is 75.2. The molecule has 188 valence electrons. The van der Waals surface area contributed by atoms with E-state index in [-0.39, 0.29) is 11.5 Å². The molecule has 2 atom stereocenters. The quantitative estimate of drug-likeness (QED) is 0.462. The fraction of sp³-hybridized carbons (Fsp3) is 0.318. The van der Waals surface area contributed by atoms with Crippen molar-refractivity contribution in [3.05, 3.63) is 69.4 Å². The summed E-state index contributed by atoms with van der Waals surface area (Å²) in [6, 6.07) is 5.24. The highest BCUT2D eigenvalue weighted by atomic mass is 19.3. The molecule has 2 aromatic carbocycles. The number of alkyl halides is 3. The first-order valence-corrected chi connectivity index (χ1v) is 10.2. The van der Waals surface area contributed by atoms with Gasteiger partial charge in [0.2, 0.25) is 0 Å². The third-order valence-electron chi connectivity index (χ3n) is 5.08. The van der Waals surface area contributed by atoms with Crippen LogP contribution in [0.1, 0.15) is 34.8 Å². The van der Waals surface area contributed by atoms with Crippen molar-refractivity contribution in [1.29, 1.82) is 0 Å². The van der Waals surface area contributed by atoms with Gasteiger partial charge in [-0.1, -0.05) is 12.1 Å². The minimum Gasteiger partial charge on any atom is -0.481 e. The van der Waals surface area contributed by atoms with Gasteiger partial charge in [0.25, 0.3) is 12.3 Å². The summed E-state index contributed by atoms with van der Waals surface area (Å²) in [5.41, 5.74) is -2.10. The normalized spacial score (nSPS) is 13.1. The molecule has 35 heavy (non-hydrogen) atoms. The zero-order valence-corrected chi connectivity index (χ0v) is 18.7. The molecule has 0 bridgehead atoms. The van der Waals surface area contributed by atoms with Gasteiger partial charge in [-0.25, -0.2) is 26.7 Å². The maximum Gasteiger partial charge on any atom is 0.350 e. The maximum atomic E-state index is 15.1. The number of rotatable bonds is 8. The van der Waals surface area contributed by atoms with Crippen LogP contribution in [0, 0.1) is 18.6 Å². The average Bonchev–Trinajstić information content (AvgIpc) is 3.09. The Kier molecular flexibility index (Phi) is 7.58. The topological polar surface area (TPSA) is 98.4 Å². The fourth-order valence-electron chi connectivity index (χ4n) is 3.24. The summed E-state index contributed by atoms with van der Waals surface area (Å²) in [6.07, 6.45) is -6.84. The summed E-state index contributed by atoms with van der Waals surface area (Å²) in [4.78, 5) is 25.4. The smallest absolute Gasteiger partial charge is 0.350 e. The van der Waals surface area contributed by atoms with Crippen molar-refractivity contribution in [1.82, 2.24) is 14.3 Å². The van der Waals surface area contributed by atoms with Gasteiger partial charge < -0.3 is 15.2 Å². The Hall–Kier alpha value is -3.74. The lowest BCUT2D eigenvalue weighted by atomic mass is 10.1. The monoisotopic (exact) mass is 500 g/mol. The number of benzene rings is 2. The lowest BCUT2D eigenvalue weighted by molar-refractivity contribution is -0.00159. The summed E-state index contributed by atoms with van der Waals surface area (Å²) >= 11 is 0. The number of aromatic nitrogens is 3. The van der Waals surface area contributed by atoms with Gasteiger partial charge in [-0.2, -0.15) is 4.68 Å². The second-order valence-electron chi connectivity index (χ2n) is 7.62. The Bertz CT molecular complexity index is 1290. The van der Waals surface area contributed by atoms with Gasteiger partial charge in [0.05, 0.1) is 11.3 Å². The number of nitrogens with zero attached hydrogens (tertiary/aromatic N) is 3. The van der Waals surface area contributed by atoms with Crippen molar-refractivity contribution < 1.29 is 36.6 Å². The number of anilines is 1. The first kappa shape index (κ1) is 25.9. The van der Waals surface area contributed by atoms with Crippen LogP contribution in [0.25, 0.3) is 5.69 Å². The van der Waals surface area contributed by atoms with Crippen LogP contribution in [0.3, 0.4) is 0 Å². The molecule has 0 saturated carbocycles. The van der Waals surface area contributed by atoms with Gasteiger partial charge in [0.15, 0.2) is 11.9 Å². The number of aliphatic hydroxyl groups is 1. The van der Waals surface area contributed by atoms with Crippen molar-refractivity contribution in [2.45, 2.75) is 32.5 Å². The van der Waals surface area contributed by atoms with Crippen molar-refractivity contribution in [3.8, 4) is 11.4 Å². The predicted molar refractivity (Wildman–Crippen MR) is 115 cm³/mol. The van der Waals surface area contributed by atoms with Crippen LogP contribution >= 0.6 is 0 Å². The van der Waals surface area contributed by atoms with E-state index in [2.05, 4.69) is 10.4 Å². The molecule has 1 aromatic heterocycles. The number of para-hydroxylation sites is 1. The zero-order valence-electron chi connectivity index (χ0n) is 18.7. The third-order valence-corrected chi connectivity index (χ3v) is 5.08. The number of hydrogen-bond donors (Lipinski definition) is 2. The van der Waals surface area contributed by atoms with E-state index in [1.807, 2.05) is 0 Å². The molecule has 0 aliphatic carbocycles. The van der Waals surface area contributed by atoms with E-state index in [0.717, 1.165) is 16.7 Å². The Morgan fingerprint density at radius 1 is 1.23 bits per heavy atom. The Balaban J connectivity index is 2.16. The molecular formula is C22H21F5N4O4. The number of ether oxygens (including phenoxy) is 1. The van der Waals surface area contributed by atoms with E-state index in [9.17, 15) is 32.3 Å². The number of nitrogens with one attached hydrogen (secondary N) is 1. The molecule has 0 saturated heterocycles. The number of halogens is 5. The van der Waals surface area contributed by atoms with E-state index >= 15 is 4.39 Å². The molecule has 1 amide bonds. The zero-order chi connectivity index (χ0) is 26.0. The first-order chi connectivity index (χ1) is 16.5. The average molecular weight is 500 g/mol. The van der Waals surface area contributed by atoms with Crippen LogP contribution in [0.2, 0.25) is 0 Å². The highest BCUT2D eigenvalue weighted by Crippen LogP contribution is 2.29. The molecule has 3 rings (SSSR count). The lowest BCUT2D eigenvalue weighted by Crippen LogP contribution is -2.29. The third kappa shape index (κ3) is 5.19. The van der Waals surface area contributed by atoms with E-state index in [0.29, 0.717) is 16.3 Å². The van der Waals surface area contributed by atoms with Crippen molar-refractivity contribution in [2.24, 2.45) is 7.05 Å². The van der Waals surface area contributed by atoms with E-state index in [4.69, 9.17) is 4.74 Å². The molecule has 8 nitrogen and oxygen atoms in total. The van der Waals surface area contributed by atoms with Crippen LogP contribution in [0.15, 0.2) is 35.1 Å². The van der Waals surface area contributed by atoms with Gasteiger partial charge >= 0.3 is 5.69 Å². The Labute approximate surface area is 195 Å². The lowest BCUT2D eigenvalue weighted by Gasteiger charge is -2.19. The molecule has 1 heterocycles. The van der Waals surface area contributed by atoms with E-state index < -0.39 is 65.5 Å². The summed E-state index contributed by atoms with van der Waals surface area (Å²) in [5.74, 6) is -3.98. The number of hydrogen-bond acceptors (Lipinski definition) is 5. The van der Waals surface area contributed by atoms with Crippen LogP contribution in [0.4, 0.5) is 27.6 Å². The van der Waals surface area contributed by atoms with Crippen LogP contribution < -0.4 is 15.7 Å². The molecule has 13 heteroatoms. The van der Waals surface area contributed by atoms with E-state index in [1.165, 1.54) is 33.0 Å². The molecule has 0 aliphatic rings. The highest BCUT2D eigenvalue weighted by Gasteiger charge is 2.28. The largest absolute Gasteiger partial charge is 0.481 e. The minimum absolute atomic E-state index is 0.136. The number of aryl methyl sites for hydroxylation is 1. The molecule has 0 aliphatic heterocycles. The molecule has 0 fully saturated rings. The molecule has 3 aromatic rings. The summed E-state index contributed by atoms with van der Waals surface area (Å²) in [7, 11) is 1.26. The standard InChI is InChI=1S/C22H21F5N4O4/c1-10-5-4-6-13(24)18(10)28-21(33)12-7-14(25)15(8-16(12)35-17(9-23)19(26)27)31-22(34)30(3)20(29-31)11(2)32/h4-8,11,17,19,32H,9H2,1-3H3,(H,28,33)/t11-,17-/m0/s1. The van der Waals surface area contributed by atoms with E-state index in [1.54, 1.807) is 0 Å². The Morgan fingerprint density at radius 2 is 1.91 bits per heavy atom. The van der Waals surface area contributed by atoms with Gasteiger partial charge in [-0.15, -0.1) is 5.10 Å². The van der Waals surface area contributed by atoms with Gasteiger partial charge in [-0.3, -0.25) is 9.36 Å². The second kappa shape index (κ2) is 10.3. The summed E-state index contributed by atoms with van der Waals surface area (Å²) in [5, 5.41) is 15.8. The number of amides is 1. The highest BCUT2D eigenvalue weighted by molar-refractivity contribution is 6.06. The minimum atomic E-state index is -3.31.